The first-order valence-electron chi connectivity index (χ1n) is 7.02. The Hall–Kier alpha value is -0.930. The lowest BCUT2D eigenvalue weighted by Crippen LogP contribution is -2.46. The van der Waals surface area contributed by atoms with E-state index >= 15 is 0 Å². The SMILES string of the molecule is Cc1cccc(OC(c2ccc(Cl)c(Cl)c2)C2CNC2)c1.Cl. The Kier molecular flexibility index (Phi) is 5.99. The average molecular weight is 359 g/mol. The summed E-state index contributed by atoms with van der Waals surface area (Å²) >= 11 is 12.2. The van der Waals surface area contributed by atoms with Gasteiger partial charge in [-0.2, -0.15) is 0 Å². The van der Waals surface area contributed by atoms with E-state index in [0.717, 1.165) is 24.4 Å². The molecule has 22 heavy (non-hydrogen) atoms. The monoisotopic (exact) mass is 357 g/mol. The summed E-state index contributed by atoms with van der Waals surface area (Å²) in [4.78, 5) is 0. The number of aryl methyl sites for hydroxylation is 1. The maximum Gasteiger partial charge on any atom is 0.129 e. The van der Waals surface area contributed by atoms with Crippen LogP contribution in [0.25, 0.3) is 0 Å². The van der Waals surface area contributed by atoms with Gasteiger partial charge in [-0.15, -0.1) is 12.4 Å². The third kappa shape index (κ3) is 3.88. The van der Waals surface area contributed by atoms with Gasteiger partial charge in [-0.1, -0.05) is 41.4 Å². The van der Waals surface area contributed by atoms with Crippen molar-refractivity contribution in [3.05, 3.63) is 63.6 Å². The van der Waals surface area contributed by atoms with E-state index in [2.05, 4.69) is 24.4 Å². The third-order valence-electron chi connectivity index (χ3n) is 3.77. The Labute approximate surface area is 147 Å². The fourth-order valence-electron chi connectivity index (χ4n) is 2.49. The number of benzene rings is 2. The molecule has 1 N–H and O–H groups in total. The third-order valence-corrected chi connectivity index (χ3v) is 4.51. The first kappa shape index (κ1) is 17.4. The molecule has 0 saturated carbocycles. The minimum Gasteiger partial charge on any atom is -0.485 e. The van der Waals surface area contributed by atoms with Crippen LogP contribution in [0.2, 0.25) is 10.0 Å². The van der Waals surface area contributed by atoms with Crippen molar-refractivity contribution in [3.63, 3.8) is 0 Å². The summed E-state index contributed by atoms with van der Waals surface area (Å²) in [5.74, 6) is 1.33. The zero-order chi connectivity index (χ0) is 14.8. The molecule has 118 valence electrons. The molecule has 2 aromatic rings. The van der Waals surface area contributed by atoms with E-state index in [1.807, 2.05) is 30.3 Å². The molecule has 1 unspecified atom stereocenters. The number of halogens is 3. The highest BCUT2D eigenvalue weighted by Crippen LogP contribution is 2.34. The molecule has 1 aliphatic rings. The van der Waals surface area contributed by atoms with Crippen LogP contribution >= 0.6 is 35.6 Å². The van der Waals surface area contributed by atoms with Crippen molar-refractivity contribution in [1.82, 2.24) is 5.32 Å². The van der Waals surface area contributed by atoms with Crippen LogP contribution in [-0.2, 0) is 0 Å². The summed E-state index contributed by atoms with van der Waals surface area (Å²) in [6, 6.07) is 13.8. The van der Waals surface area contributed by atoms with Crippen LogP contribution in [-0.4, -0.2) is 13.1 Å². The Balaban J connectivity index is 0.00000176. The molecule has 0 aromatic heterocycles. The summed E-state index contributed by atoms with van der Waals surface area (Å²) in [6.45, 7) is 3.97. The molecule has 3 rings (SSSR count). The fraction of sp³-hybridized carbons (Fsp3) is 0.294. The highest BCUT2D eigenvalue weighted by atomic mass is 35.5. The smallest absolute Gasteiger partial charge is 0.129 e. The molecule has 0 radical (unpaired) electrons. The molecule has 5 heteroatoms. The largest absolute Gasteiger partial charge is 0.485 e. The van der Waals surface area contributed by atoms with Gasteiger partial charge >= 0.3 is 0 Å². The van der Waals surface area contributed by atoms with Crippen LogP contribution in [0.3, 0.4) is 0 Å². The molecule has 1 saturated heterocycles. The lowest BCUT2D eigenvalue weighted by atomic mass is 9.91. The Bertz CT molecular complexity index is 644. The van der Waals surface area contributed by atoms with Crippen LogP contribution in [0.15, 0.2) is 42.5 Å². The zero-order valence-electron chi connectivity index (χ0n) is 12.2. The molecule has 2 aromatic carbocycles. The summed E-state index contributed by atoms with van der Waals surface area (Å²) < 4.78 is 6.24. The van der Waals surface area contributed by atoms with E-state index < -0.39 is 0 Å². The van der Waals surface area contributed by atoms with Crippen LogP contribution in [0.1, 0.15) is 17.2 Å². The van der Waals surface area contributed by atoms with Gasteiger partial charge in [-0.25, -0.2) is 0 Å². The standard InChI is InChI=1S/C17H17Cl2NO.ClH/c1-11-3-2-4-14(7-11)21-17(13-9-20-10-13)12-5-6-15(18)16(19)8-12;/h2-8,13,17,20H,9-10H2,1H3;1H. The second-order valence-corrected chi connectivity index (χ2v) is 6.26. The van der Waals surface area contributed by atoms with Gasteiger partial charge in [-0.05, 0) is 42.3 Å². The number of ether oxygens (including phenoxy) is 1. The number of hydrogen-bond donors (Lipinski definition) is 1. The van der Waals surface area contributed by atoms with Gasteiger partial charge in [0.2, 0.25) is 0 Å². The van der Waals surface area contributed by atoms with Gasteiger partial charge in [0.15, 0.2) is 0 Å². The molecule has 1 fully saturated rings. The van der Waals surface area contributed by atoms with Crippen molar-refractivity contribution < 1.29 is 4.74 Å². The summed E-state index contributed by atoms with van der Waals surface area (Å²) in [5, 5.41) is 4.44. The quantitative estimate of drug-likeness (QED) is 0.824. The predicted molar refractivity (Wildman–Crippen MR) is 94.6 cm³/mol. The Morgan fingerprint density at radius 1 is 1.09 bits per heavy atom. The van der Waals surface area contributed by atoms with Crippen molar-refractivity contribution in [3.8, 4) is 5.75 Å². The van der Waals surface area contributed by atoms with Crippen molar-refractivity contribution in [2.75, 3.05) is 13.1 Å². The number of nitrogens with one attached hydrogen (secondary N) is 1. The van der Waals surface area contributed by atoms with Crippen LogP contribution in [0, 0.1) is 12.8 Å². The van der Waals surface area contributed by atoms with E-state index in [9.17, 15) is 0 Å². The molecule has 1 atom stereocenters. The van der Waals surface area contributed by atoms with E-state index in [4.69, 9.17) is 27.9 Å². The molecule has 0 aliphatic carbocycles. The Morgan fingerprint density at radius 2 is 1.86 bits per heavy atom. The molecule has 1 aliphatic heterocycles. The zero-order valence-corrected chi connectivity index (χ0v) is 14.5. The van der Waals surface area contributed by atoms with Crippen LogP contribution < -0.4 is 10.1 Å². The topological polar surface area (TPSA) is 21.3 Å². The molecule has 2 nitrogen and oxygen atoms in total. The number of rotatable bonds is 4. The van der Waals surface area contributed by atoms with Gasteiger partial charge in [0, 0.05) is 19.0 Å². The molecule has 1 heterocycles. The van der Waals surface area contributed by atoms with Gasteiger partial charge in [-0.3, -0.25) is 0 Å². The maximum absolute atomic E-state index is 6.24. The second-order valence-electron chi connectivity index (χ2n) is 5.45. The lowest BCUT2D eigenvalue weighted by Gasteiger charge is -2.35. The molecule has 0 bridgehead atoms. The van der Waals surface area contributed by atoms with Gasteiger partial charge in [0.05, 0.1) is 10.0 Å². The predicted octanol–water partition coefficient (Wildman–Crippen LogP) is 5.06. The van der Waals surface area contributed by atoms with E-state index in [1.54, 1.807) is 0 Å². The summed E-state index contributed by atoms with van der Waals surface area (Å²) in [6.07, 6.45) is -0.0113. The first-order valence-corrected chi connectivity index (χ1v) is 7.78. The van der Waals surface area contributed by atoms with Gasteiger partial charge < -0.3 is 10.1 Å². The van der Waals surface area contributed by atoms with Gasteiger partial charge in [0.1, 0.15) is 11.9 Å². The normalized spacial score (nSPS) is 15.6. The maximum atomic E-state index is 6.24. The second kappa shape index (κ2) is 7.56. The van der Waals surface area contributed by atoms with Crippen LogP contribution in [0.4, 0.5) is 0 Å². The van der Waals surface area contributed by atoms with Crippen LogP contribution in [0.5, 0.6) is 5.75 Å². The average Bonchev–Trinajstić information content (AvgIpc) is 2.39. The van der Waals surface area contributed by atoms with Crippen molar-refractivity contribution in [2.45, 2.75) is 13.0 Å². The number of hydrogen-bond acceptors (Lipinski definition) is 2. The molecular formula is C17H18Cl3NO. The van der Waals surface area contributed by atoms with Crippen molar-refractivity contribution in [2.24, 2.45) is 5.92 Å². The highest BCUT2D eigenvalue weighted by Gasteiger charge is 2.30. The Morgan fingerprint density at radius 3 is 2.45 bits per heavy atom. The van der Waals surface area contributed by atoms with Crippen molar-refractivity contribution >= 4 is 35.6 Å². The lowest BCUT2D eigenvalue weighted by molar-refractivity contribution is 0.0993. The molecule has 0 spiro atoms. The van der Waals surface area contributed by atoms with E-state index in [-0.39, 0.29) is 18.5 Å². The minimum absolute atomic E-state index is 0. The van der Waals surface area contributed by atoms with E-state index in [1.165, 1.54) is 5.56 Å². The highest BCUT2D eigenvalue weighted by molar-refractivity contribution is 6.42. The molecular weight excluding hydrogens is 341 g/mol. The van der Waals surface area contributed by atoms with E-state index in [0.29, 0.717) is 16.0 Å². The van der Waals surface area contributed by atoms with Gasteiger partial charge in [0.25, 0.3) is 0 Å². The molecule has 0 amide bonds. The summed E-state index contributed by atoms with van der Waals surface area (Å²) in [7, 11) is 0. The fourth-order valence-corrected chi connectivity index (χ4v) is 2.79. The summed E-state index contributed by atoms with van der Waals surface area (Å²) in [5.41, 5.74) is 2.25. The first-order chi connectivity index (χ1) is 10.1. The van der Waals surface area contributed by atoms with Crippen molar-refractivity contribution in [1.29, 1.82) is 0 Å². The minimum atomic E-state index is -0.0113.